The summed E-state index contributed by atoms with van der Waals surface area (Å²) in [6.07, 6.45) is -4.63. The van der Waals surface area contributed by atoms with Crippen molar-refractivity contribution in [2.75, 3.05) is 18.0 Å². The quantitative estimate of drug-likeness (QED) is 0.674. The van der Waals surface area contributed by atoms with Crippen molar-refractivity contribution in [1.29, 1.82) is 0 Å². The molecule has 1 aromatic carbocycles. The van der Waals surface area contributed by atoms with E-state index < -0.39 is 22.4 Å². The molecular weight excluding hydrogens is 287 g/mol. The van der Waals surface area contributed by atoms with Gasteiger partial charge in [-0.05, 0) is 19.9 Å². The lowest BCUT2D eigenvalue weighted by atomic mass is 10.1. The van der Waals surface area contributed by atoms with Crippen LogP contribution >= 0.6 is 0 Å². The largest absolute Gasteiger partial charge is 0.418 e. The van der Waals surface area contributed by atoms with Crippen molar-refractivity contribution in [3.8, 4) is 0 Å². The SMILES string of the molecule is CC1CN(c2ccc([N+](=O)[O-])cc2C(F)(F)F)CC(C)N1. The fourth-order valence-electron chi connectivity index (χ4n) is 2.66. The summed E-state index contributed by atoms with van der Waals surface area (Å²) >= 11 is 0. The van der Waals surface area contributed by atoms with Crippen molar-refractivity contribution in [3.05, 3.63) is 33.9 Å². The Hall–Kier alpha value is -1.83. The summed E-state index contributed by atoms with van der Waals surface area (Å²) < 4.78 is 39.5. The molecule has 0 bridgehead atoms. The van der Waals surface area contributed by atoms with Gasteiger partial charge in [0.2, 0.25) is 0 Å². The van der Waals surface area contributed by atoms with Crippen LogP contribution in [0.15, 0.2) is 18.2 Å². The number of anilines is 1. The fourth-order valence-corrected chi connectivity index (χ4v) is 2.66. The van der Waals surface area contributed by atoms with E-state index in [1.54, 1.807) is 4.90 Å². The zero-order valence-corrected chi connectivity index (χ0v) is 11.6. The highest BCUT2D eigenvalue weighted by Gasteiger charge is 2.37. The predicted molar refractivity (Wildman–Crippen MR) is 72.4 cm³/mol. The molecule has 0 amide bonds. The second kappa shape index (κ2) is 5.51. The highest BCUT2D eigenvalue weighted by molar-refractivity contribution is 5.59. The lowest BCUT2D eigenvalue weighted by Gasteiger charge is -2.38. The van der Waals surface area contributed by atoms with Gasteiger partial charge in [0.05, 0.1) is 10.5 Å². The highest BCUT2D eigenvalue weighted by atomic mass is 19.4. The summed E-state index contributed by atoms with van der Waals surface area (Å²) in [6.45, 7) is 4.62. The number of benzene rings is 1. The average molecular weight is 303 g/mol. The van der Waals surface area contributed by atoms with Crippen LogP contribution in [0.5, 0.6) is 0 Å². The van der Waals surface area contributed by atoms with Crippen LogP contribution in [0.2, 0.25) is 0 Å². The molecule has 116 valence electrons. The molecule has 1 aromatic rings. The Kier molecular flexibility index (Phi) is 4.08. The van der Waals surface area contributed by atoms with Crippen LogP contribution in [0.1, 0.15) is 19.4 Å². The number of hydrogen-bond acceptors (Lipinski definition) is 4. The van der Waals surface area contributed by atoms with Gasteiger partial charge >= 0.3 is 6.18 Å². The van der Waals surface area contributed by atoms with E-state index in [0.29, 0.717) is 19.2 Å². The average Bonchev–Trinajstić information content (AvgIpc) is 2.35. The minimum atomic E-state index is -4.63. The molecule has 1 saturated heterocycles. The van der Waals surface area contributed by atoms with Crippen LogP contribution in [0.3, 0.4) is 0 Å². The number of nitro benzene ring substituents is 1. The Morgan fingerprint density at radius 1 is 1.29 bits per heavy atom. The Bertz CT molecular complexity index is 538. The molecular formula is C13H16F3N3O2. The second-order valence-electron chi connectivity index (χ2n) is 5.33. The molecule has 0 saturated carbocycles. The predicted octanol–water partition coefficient (Wildman–Crippen LogP) is 2.80. The normalized spacial score (nSPS) is 23.2. The lowest BCUT2D eigenvalue weighted by Crippen LogP contribution is -2.54. The molecule has 0 aromatic heterocycles. The van der Waals surface area contributed by atoms with Crippen LogP contribution in [0, 0.1) is 10.1 Å². The molecule has 0 spiro atoms. The van der Waals surface area contributed by atoms with Crippen LogP contribution in [-0.4, -0.2) is 30.1 Å². The molecule has 0 aliphatic carbocycles. The molecule has 2 rings (SSSR count). The van der Waals surface area contributed by atoms with Gasteiger partial charge < -0.3 is 10.2 Å². The van der Waals surface area contributed by atoms with E-state index in [0.717, 1.165) is 6.07 Å². The number of nitrogens with zero attached hydrogens (tertiary/aromatic N) is 2. The maximum atomic E-state index is 13.2. The molecule has 1 aliphatic rings. The number of piperazine rings is 1. The highest BCUT2D eigenvalue weighted by Crippen LogP contribution is 2.39. The van der Waals surface area contributed by atoms with Crippen LogP contribution in [0.25, 0.3) is 0 Å². The van der Waals surface area contributed by atoms with Crippen molar-refractivity contribution >= 4 is 11.4 Å². The maximum Gasteiger partial charge on any atom is 0.418 e. The van der Waals surface area contributed by atoms with Crippen molar-refractivity contribution in [2.24, 2.45) is 0 Å². The Labute approximate surface area is 119 Å². The molecule has 8 heteroatoms. The third-order valence-corrected chi connectivity index (χ3v) is 3.39. The third-order valence-electron chi connectivity index (χ3n) is 3.39. The Morgan fingerprint density at radius 2 is 1.86 bits per heavy atom. The van der Waals surface area contributed by atoms with Gasteiger partial charge in [-0.15, -0.1) is 0 Å². The number of nitro groups is 1. The summed E-state index contributed by atoms with van der Waals surface area (Å²) in [6, 6.07) is 3.00. The molecule has 0 radical (unpaired) electrons. The van der Waals surface area contributed by atoms with E-state index >= 15 is 0 Å². The van der Waals surface area contributed by atoms with E-state index in [2.05, 4.69) is 5.32 Å². The minimum absolute atomic E-state index is 0.00620. The summed E-state index contributed by atoms with van der Waals surface area (Å²) in [5.74, 6) is 0. The molecule has 2 unspecified atom stereocenters. The van der Waals surface area contributed by atoms with Crippen LogP contribution in [0.4, 0.5) is 24.5 Å². The Morgan fingerprint density at radius 3 is 2.33 bits per heavy atom. The first-order valence-electron chi connectivity index (χ1n) is 6.55. The Balaban J connectivity index is 2.45. The van der Waals surface area contributed by atoms with Gasteiger partial charge in [0, 0.05) is 43.0 Å². The molecule has 1 aliphatic heterocycles. The van der Waals surface area contributed by atoms with Crippen molar-refractivity contribution < 1.29 is 18.1 Å². The van der Waals surface area contributed by atoms with Gasteiger partial charge in [-0.2, -0.15) is 13.2 Å². The van der Waals surface area contributed by atoms with E-state index in [1.807, 2.05) is 13.8 Å². The third kappa shape index (κ3) is 3.44. The second-order valence-corrected chi connectivity index (χ2v) is 5.33. The molecule has 2 atom stereocenters. The molecule has 1 heterocycles. The fraction of sp³-hybridized carbons (Fsp3) is 0.538. The smallest absolute Gasteiger partial charge is 0.368 e. The molecule has 1 fully saturated rings. The van der Waals surface area contributed by atoms with Gasteiger partial charge in [-0.25, -0.2) is 0 Å². The first-order valence-corrected chi connectivity index (χ1v) is 6.55. The minimum Gasteiger partial charge on any atom is -0.368 e. The van der Waals surface area contributed by atoms with Crippen molar-refractivity contribution in [1.82, 2.24) is 5.32 Å². The summed E-state index contributed by atoms with van der Waals surface area (Å²) in [7, 11) is 0. The monoisotopic (exact) mass is 303 g/mol. The number of nitrogens with one attached hydrogen (secondary N) is 1. The first-order chi connectivity index (χ1) is 9.68. The summed E-state index contributed by atoms with van der Waals surface area (Å²) in [5.41, 5.74) is -1.52. The van der Waals surface area contributed by atoms with Gasteiger partial charge in [0.15, 0.2) is 0 Å². The topological polar surface area (TPSA) is 58.4 Å². The standard InChI is InChI=1S/C13H16F3N3O2/c1-8-6-18(7-9(2)17-8)12-4-3-10(19(20)21)5-11(12)13(14,15)16/h3-5,8-9,17H,6-7H2,1-2H3. The van der Waals surface area contributed by atoms with Gasteiger partial charge in [-0.3, -0.25) is 10.1 Å². The summed E-state index contributed by atoms with van der Waals surface area (Å²) in [5, 5.41) is 13.9. The molecule has 1 N–H and O–H groups in total. The van der Waals surface area contributed by atoms with E-state index in [9.17, 15) is 23.3 Å². The van der Waals surface area contributed by atoms with Crippen molar-refractivity contribution in [3.63, 3.8) is 0 Å². The number of rotatable bonds is 2. The van der Waals surface area contributed by atoms with Crippen molar-refractivity contribution in [2.45, 2.75) is 32.1 Å². The number of hydrogen-bond donors (Lipinski definition) is 1. The molecule has 5 nitrogen and oxygen atoms in total. The number of non-ortho nitro benzene ring substituents is 1. The first kappa shape index (κ1) is 15.6. The maximum absolute atomic E-state index is 13.2. The van der Waals surface area contributed by atoms with E-state index in [1.165, 1.54) is 6.07 Å². The summed E-state index contributed by atoms with van der Waals surface area (Å²) in [4.78, 5) is 11.5. The molecule has 21 heavy (non-hydrogen) atoms. The van der Waals surface area contributed by atoms with Crippen LogP contribution in [-0.2, 0) is 6.18 Å². The number of alkyl halides is 3. The van der Waals surface area contributed by atoms with Crippen LogP contribution < -0.4 is 10.2 Å². The number of halogens is 3. The van der Waals surface area contributed by atoms with E-state index in [-0.39, 0.29) is 17.8 Å². The van der Waals surface area contributed by atoms with Gasteiger partial charge in [0.1, 0.15) is 0 Å². The zero-order valence-electron chi connectivity index (χ0n) is 11.6. The van der Waals surface area contributed by atoms with Gasteiger partial charge in [0.25, 0.3) is 5.69 Å². The van der Waals surface area contributed by atoms with Gasteiger partial charge in [-0.1, -0.05) is 0 Å². The lowest BCUT2D eigenvalue weighted by molar-refractivity contribution is -0.385. The van der Waals surface area contributed by atoms with E-state index in [4.69, 9.17) is 0 Å². The zero-order chi connectivity index (χ0) is 15.8.